The Morgan fingerprint density at radius 1 is 1.10 bits per heavy atom. The molecule has 1 amide bonds. The lowest BCUT2D eigenvalue weighted by Gasteiger charge is -2.10. The summed E-state index contributed by atoms with van der Waals surface area (Å²) in [7, 11) is 0. The van der Waals surface area contributed by atoms with Crippen LogP contribution in [0.1, 0.15) is 16.7 Å². The Hall–Kier alpha value is -3.91. The maximum Gasteiger partial charge on any atom is 0.266 e. The van der Waals surface area contributed by atoms with E-state index in [0.717, 1.165) is 5.56 Å². The fourth-order valence-electron chi connectivity index (χ4n) is 2.66. The highest BCUT2D eigenvalue weighted by Gasteiger charge is 2.11. The lowest BCUT2D eigenvalue weighted by Crippen LogP contribution is -2.13. The summed E-state index contributed by atoms with van der Waals surface area (Å²) < 4.78 is 19.1. The Balaban J connectivity index is 1.77. The fourth-order valence-corrected chi connectivity index (χ4v) is 2.66. The van der Waals surface area contributed by atoms with Gasteiger partial charge in [0.1, 0.15) is 29.8 Å². The van der Waals surface area contributed by atoms with Crippen LogP contribution in [0.2, 0.25) is 0 Å². The summed E-state index contributed by atoms with van der Waals surface area (Å²) in [6.45, 7) is 2.12. The van der Waals surface area contributed by atoms with Crippen molar-refractivity contribution >= 4 is 17.7 Å². The fraction of sp³-hybridized carbons (Fsp3) is 0.0833. The molecule has 5 heteroatoms. The van der Waals surface area contributed by atoms with E-state index in [2.05, 4.69) is 5.32 Å². The van der Waals surface area contributed by atoms with Crippen molar-refractivity contribution in [2.24, 2.45) is 0 Å². The van der Waals surface area contributed by atoms with Crippen molar-refractivity contribution in [3.8, 4) is 11.8 Å². The molecule has 3 rings (SSSR count). The van der Waals surface area contributed by atoms with Gasteiger partial charge in [-0.25, -0.2) is 4.39 Å². The molecule has 0 unspecified atom stereocenters. The van der Waals surface area contributed by atoms with Gasteiger partial charge in [0.15, 0.2) is 0 Å². The van der Waals surface area contributed by atoms with Gasteiger partial charge in [0.25, 0.3) is 5.91 Å². The van der Waals surface area contributed by atoms with Crippen LogP contribution in [0.25, 0.3) is 6.08 Å². The minimum Gasteiger partial charge on any atom is -0.488 e. The summed E-state index contributed by atoms with van der Waals surface area (Å²) in [5.74, 6) is -0.345. The molecule has 0 saturated heterocycles. The number of benzene rings is 3. The predicted octanol–water partition coefficient (Wildman–Crippen LogP) is 5.26. The number of halogens is 1. The quantitative estimate of drug-likeness (QED) is 0.464. The standard InChI is InChI=1S/C24H19FN2O2/c1-17-9-11-22(12-10-17)27-24(28)20(15-26)14-19-6-2-3-8-23(19)29-16-18-5-4-7-21(25)13-18/h2-14H,16H2,1H3,(H,27,28)/b20-14+. The summed E-state index contributed by atoms with van der Waals surface area (Å²) in [6, 6.07) is 22.4. The summed E-state index contributed by atoms with van der Waals surface area (Å²) in [5, 5.41) is 12.2. The van der Waals surface area contributed by atoms with Gasteiger partial charge in [-0.05, 0) is 48.9 Å². The lowest BCUT2D eigenvalue weighted by molar-refractivity contribution is -0.112. The lowest BCUT2D eigenvalue weighted by atomic mass is 10.1. The van der Waals surface area contributed by atoms with E-state index in [0.29, 0.717) is 22.6 Å². The highest BCUT2D eigenvalue weighted by Crippen LogP contribution is 2.23. The SMILES string of the molecule is Cc1ccc(NC(=O)/C(C#N)=C/c2ccccc2OCc2cccc(F)c2)cc1. The first-order valence-electron chi connectivity index (χ1n) is 9.01. The highest BCUT2D eigenvalue weighted by molar-refractivity contribution is 6.09. The molecule has 0 aliphatic heterocycles. The molecule has 0 aliphatic carbocycles. The van der Waals surface area contributed by atoms with Crippen LogP contribution in [-0.2, 0) is 11.4 Å². The Bertz CT molecular complexity index is 1080. The molecule has 29 heavy (non-hydrogen) atoms. The summed E-state index contributed by atoms with van der Waals surface area (Å²) in [5.41, 5.74) is 2.90. The van der Waals surface area contributed by atoms with E-state index in [9.17, 15) is 14.4 Å². The Morgan fingerprint density at radius 2 is 1.86 bits per heavy atom. The minimum absolute atomic E-state index is 0.0487. The average molecular weight is 386 g/mol. The molecule has 0 fully saturated rings. The number of carbonyl (C=O) groups is 1. The molecular weight excluding hydrogens is 367 g/mol. The van der Waals surface area contributed by atoms with Gasteiger partial charge < -0.3 is 10.1 Å². The van der Waals surface area contributed by atoms with Crippen molar-refractivity contribution < 1.29 is 13.9 Å². The van der Waals surface area contributed by atoms with Crippen LogP contribution in [0.4, 0.5) is 10.1 Å². The van der Waals surface area contributed by atoms with Gasteiger partial charge in [-0.2, -0.15) is 5.26 Å². The van der Waals surface area contributed by atoms with Gasteiger partial charge in [0.2, 0.25) is 0 Å². The molecule has 3 aromatic rings. The maximum absolute atomic E-state index is 13.3. The molecule has 4 nitrogen and oxygen atoms in total. The van der Waals surface area contributed by atoms with Crippen molar-refractivity contribution in [2.75, 3.05) is 5.32 Å². The second-order valence-corrected chi connectivity index (χ2v) is 6.45. The number of hydrogen-bond donors (Lipinski definition) is 1. The average Bonchev–Trinajstić information content (AvgIpc) is 2.73. The number of para-hydroxylation sites is 1. The molecule has 1 N–H and O–H groups in total. The zero-order valence-corrected chi connectivity index (χ0v) is 15.9. The molecule has 0 atom stereocenters. The topological polar surface area (TPSA) is 62.1 Å². The first kappa shape index (κ1) is 19.8. The first-order chi connectivity index (χ1) is 14.0. The Kier molecular flexibility index (Phi) is 6.39. The third-order valence-electron chi connectivity index (χ3n) is 4.18. The number of ether oxygens (including phenoxy) is 1. The third kappa shape index (κ3) is 5.53. The van der Waals surface area contributed by atoms with Gasteiger partial charge in [-0.15, -0.1) is 0 Å². The molecule has 0 spiro atoms. The number of nitriles is 1. The second kappa shape index (κ2) is 9.34. The van der Waals surface area contributed by atoms with Gasteiger partial charge in [-0.3, -0.25) is 4.79 Å². The van der Waals surface area contributed by atoms with Crippen LogP contribution >= 0.6 is 0 Å². The molecule has 0 heterocycles. The highest BCUT2D eigenvalue weighted by atomic mass is 19.1. The number of hydrogen-bond acceptors (Lipinski definition) is 3. The third-order valence-corrected chi connectivity index (χ3v) is 4.18. The van der Waals surface area contributed by atoms with Crippen molar-refractivity contribution in [1.29, 1.82) is 5.26 Å². The minimum atomic E-state index is -0.503. The summed E-state index contributed by atoms with van der Waals surface area (Å²) in [6.07, 6.45) is 1.48. The molecule has 0 saturated carbocycles. The van der Waals surface area contributed by atoms with Crippen LogP contribution in [0.5, 0.6) is 5.75 Å². The van der Waals surface area contributed by atoms with E-state index in [4.69, 9.17) is 4.74 Å². The summed E-state index contributed by atoms with van der Waals surface area (Å²) >= 11 is 0. The van der Waals surface area contributed by atoms with E-state index < -0.39 is 5.91 Å². The van der Waals surface area contributed by atoms with Crippen LogP contribution < -0.4 is 10.1 Å². The monoisotopic (exact) mass is 386 g/mol. The van der Waals surface area contributed by atoms with E-state index in [1.54, 1.807) is 48.5 Å². The van der Waals surface area contributed by atoms with Gasteiger partial charge in [0.05, 0.1) is 0 Å². The van der Waals surface area contributed by atoms with Crippen molar-refractivity contribution in [3.63, 3.8) is 0 Å². The van der Waals surface area contributed by atoms with E-state index in [1.807, 2.05) is 25.1 Å². The number of rotatable bonds is 6. The number of aryl methyl sites for hydroxylation is 1. The van der Waals surface area contributed by atoms with Crippen molar-refractivity contribution in [3.05, 3.63) is 101 Å². The molecule has 144 valence electrons. The zero-order valence-electron chi connectivity index (χ0n) is 15.9. The van der Waals surface area contributed by atoms with E-state index in [-0.39, 0.29) is 18.0 Å². The molecule has 0 bridgehead atoms. The van der Waals surface area contributed by atoms with Crippen LogP contribution in [-0.4, -0.2) is 5.91 Å². The van der Waals surface area contributed by atoms with Gasteiger partial charge >= 0.3 is 0 Å². The van der Waals surface area contributed by atoms with Crippen LogP contribution in [0, 0.1) is 24.1 Å². The smallest absolute Gasteiger partial charge is 0.266 e. The normalized spacial score (nSPS) is 10.9. The Morgan fingerprint density at radius 3 is 2.59 bits per heavy atom. The number of carbonyl (C=O) groups excluding carboxylic acids is 1. The van der Waals surface area contributed by atoms with Crippen molar-refractivity contribution in [2.45, 2.75) is 13.5 Å². The molecule has 0 radical (unpaired) electrons. The largest absolute Gasteiger partial charge is 0.488 e. The van der Waals surface area contributed by atoms with Gasteiger partial charge in [-0.1, -0.05) is 48.0 Å². The van der Waals surface area contributed by atoms with Crippen LogP contribution in [0.3, 0.4) is 0 Å². The Labute approximate surface area is 168 Å². The second-order valence-electron chi connectivity index (χ2n) is 6.45. The molecule has 3 aromatic carbocycles. The molecule has 0 aromatic heterocycles. The number of anilines is 1. The predicted molar refractivity (Wildman–Crippen MR) is 111 cm³/mol. The molecule has 0 aliphatic rings. The van der Waals surface area contributed by atoms with E-state index >= 15 is 0 Å². The first-order valence-corrected chi connectivity index (χ1v) is 9.01. The number of nitrogens with zero attached hydrogens (tertiary/aromatic N) is 1. The molecular formula is C24H19FN2O2. The summed E-state index contributed by atoms with van der Waals surface area (Å²) in [4.78, 5) is 12.5. The van der Waals surface area contributed by atoms with Crippen molar-refractivity contribution in [1.82, 2.24) is 0 Å². The maximum atomic E-state index is 13.3. The van der Waals surface area contributed by atoms with Gasteiger partial charge in [0, 0.05) is 11.3 Å². The zero-order chi connectivity index (χ0) is 20.6. The number of nitrogens with one attached hydrogen (secondary N) is 1. The van der Waals surface area contributed by atoms with Crippen LogP contribution in [0.15, 0.2) is 78.4 Å². The van der Waals surface area contributed by atoms with E-state index in [1.165, 1.54) is 18.2 Å². The number of amides is 1.